The maximum atomic E-state index is 12.3. The Hall–Kier alpha value is -0.414. The van der Waals surface area contributed by atoms with Crippen molar-refractivity contribution in [2.75, 3.05) is 0 Å². The molecule has 2 aromatic carbocycles. The van der Waals surface area contributed by atoms with Gasteiger partial charge in [0.15, 0.2) is 0 Å². The van der Waals surface area contributed by atoms with Crippen LogP contribution in [0.4, 0.5) is 0 Å². The average molecular weight is 459 g/mol. The average Bonchev–Trinajstić information content (AvgIpc) is 2.69. The summed E-state index contributed by atoms with van der Waals surface area (Å²) >= 11 is 0. The van der Waals surface area contributed by atoms with E-state index in [0.717, 1.165) is 19.3 Å². The van der Waals surface area contributed by atoms with Gasteiger partial charge in [0, 0.05) is 0 Å². The van der Waals surface area contributed by atoms with E-state index in [9.17, 15) is 18.1 Å². The molecule has 2 rings (SSSR count). The Kier molecular flexibility index (Phi) is 13.5. The Morgan fingerprint density at radius 2 is 1.43 bits per heavy atom. The van der Waals surface area contributed by atoms with Crippen LogP contribution in [0.2, 0.25) is 0 Å². The predicted molar refractivity (Wildman–Crippen MR) is 113 cm³/mol. The summed E-state index contributed by atoms with van der Waals surface area (Å²) < 4.78 is 39.3. The minimum Gasteiger partial charge on any atom is -0.870 e. The van der Waals surface area contributed by atoms with Crippen LogP contribution in [-0.4, -0.2) is 13.0 Å². The third-order valence-electron chi connectivity index (χ3n) is 4.93. The van der Waals surface area contributed by atoms with E-state index in [2.05, 4.69) is 6.92 Å². The zero-order valence-corrected chi connectivity index (χ0v) is 22.0. The SMILES string of the molecule is CCCCCCCCCCCc1ccc([O-])c(Oc2ccccc2)c1S(=O)(=O)O.[K+]. The summed E-state index contributed by atoms with van der Waals surface area (Å²) in [7, 11) is -4.59. The number of para-hydroxylation sites is 1. The topological polar surface area (TPSA) is 86.7 Å². The van der Waals surface area contributed by atoms with Gasteiger partial charge in [-0.15, -0.1) is 0 Å². The van der Waals surface area contributed by atoms with Gasteiger partial charge >= 0.3 is 51.4 Å². The van der Waals surface area contributed by atoms with Crippen LogP contribution < -0.4 is 61.2 Å². The minimum absolute atomic E-state index is 0. The summed E-state index contributed by atoms with van der Waals surface area (Å²) in [6, 6.07) is 11.3. The van der Waals surface area contributed by atoms with Crippen molar-refractivity contribution >= 4 is 10.1 Å². The number of aryl methyl sites for hydroxylation is 1. The van der Waals surface area contributed by atoms with E-state index < -0.39 is 20.8 Å². The van der Waals surface area contributed by atoms with E-state index in [1.165, 1.54) is 50.7 Å². The number of unbranched alkanes of at least 4 members (excludes halogenated alkanes) is 8. The van der Waals surface area contributed by atoms with Crippen molar-refractivity contribution in [1.29, 1.82) is 0 Å². The zero-order valence-electron chi connectivity index (χ0n) is 18.1. The molecule has 2 aromatic rings. The van der Waals surface area contributed by atoms with Crippen LogP contribution in [-0.2, 0) is 16.5 Å². The molecule has 0 saturated carbocycles. The Morgan fingerprint density at radius 1 is 0.867 bits per heavy atom. The van der Waals surface area contributed by atoms with Crippen molar-refractivity contribution in [2.24, 2.45) is 0 Å². The molecule has 7 heteroatoms. The van der Waals surface area contributed by atoms with E-state index in [-0.39, 0.29) is 57.1 Å². The quantitative estimate of drug-likeness (QED) is 0.283. The molecule has 0 atom stereocenters. The first-order valence-corrected chi connectivity index (χ1v) is 11.9. The fourth-order valence-corrected chi connectivity index (χ4v) is 4.27. The van der Waals surface area contributed by atoms with E-state index >= 15 is 0 Å². The second-order valence-electron chi connectivity index (χ2n) is 7.35. The van der Waals surface area contributed by atoms with E-state index in [1.807, 2.05) is 0 Å². The van der Waals surface area contributed by atoms with E-state index in [0.29, 0.717) is 17.7 Å². The van der Waals surface area contributed by atoms with Crippen molar-refractivity contribution < 1.29 is 74.2 Å². The van der Waals surface area contributed by atoms with E-state index in [4.69, 9.17) is 4.74 Å². The first kappa shape index (κ1) is 27.6. The van der Waals surface area contributed by atoms with Gasteiger partial charge in [-0.25, -0.2) is 0 Å². The van der Waals surface area contributed by atoms with Gasteiger partial charge in [0.25, 0.3) is 10.1 Å². The van der Waals surface area contributed by atoms with Crippen LogP contribution in [0.5, 0.6) is 17.2 Å². The summed E-state index contributed by atoms with van der Waals surface area (Å²) in [5, 5.41) is 12.3. The molecule has 0 bridgehead atoms. The molecule has 0 spiro atoms. The molecule has 0 heterocycles. The fraction of sp³-hybridized carbons (Fsp3) is 0.478. The Bertz CT molecular complexity index is 853. The van der Waals surface area contributed by atoms with Crippen LogP contribution in [0.1, 0.15) is 70.3 Å². The van der Waals surface area contributed by atoms with Crippen LogP contribution >= 0.6 is 0 Å². The summed E-state index contributed by atoms with van der Waals surface area (Å²) in [5.74, 6) is -0.570. The monoisotopic (exact) mass is 458 g/mol. The van der Waals surface area contributed by atoms with Crippen LogP contribution in [0.25, 0.3) is 0 Å². The molecule has 160 valence electrons. The number of ether oxygens (including phenoxy) is 1. The summed E-state index contributed by atoms with van der Waals surface area (Å²) in [5.41, 5.74) is 0.418. The van der Waals surface area contributed by atoms with Crippen molar-refractivity contribution in [3.63, 3.8) is 0 Å². The molecule has 0 aliphatic carbocycles. The van der Waals surface area contributed by atoms with Gasteiger partial charge in [-0.2, -0.15) is 8.42 Å². The molecule has 0 amide bonds. The summed E-state index contributed by atoms with van der Waals surface area (Å²) in [4.78, 5) is -0.409. The van der Waals surface area contributed by atoms with Crippen molar-refractivity contribution in [2.45, 2.75) is 76.0 Å². The third-order valence-corrected chi connectivity index (χ3v) is 5.89. The maximum absolute atomic E-state index is 12.3. The van der Waals surface area contributed by atoms with Crippen molar-refractivity contribution in [1.82, 2.24) is 0 Å². The van der Waals surface area contributed by atoms with Crippen LogP contribution in [0, 0.1) is 0 Å². The first-order valence-electron chi connectivity index (χ1n) is 10.5. The van der Waals surface area contributed by atoms with E-state index in [1.54, 1.807) is 30.3 Å². The van der Waals surface area contributed by atoms with Gasteiger partial charge in [-0.3, -0.25) is 4.55 Å². The Labute approximate surface area is 223 Å². The number of hydrogen-bond donors (Lipinski definition) is 1. The van der Waals surface area contributed by atoms with Gasteiger partial charge in [0.1, 0.15) is 16.4 Å². The largest absolute Gasteiger partial charge is 1.00 e. The first-order chi connectivity index (χ1) is 13.9. The van der Waals surface area contributed by atoms with Gasteiger partial charge in [-0.1, -0.05) is 94.4 Å². The normalized spacial score (nSPS) is 11.1. The van der Waals surface area contributed by atoms with Crippen molar-refractivity contribution in [3.05, 3.63) is 48.0 Å². The molecule has 1 N–H and O–H groups in total. The predicted octanol–water partition coefficient (Wildman–Crippen LogP) is 2.88. The Balaban J connectivity index is 0.00000450. The molecule has 0 radical (unpaired) electrons. The van der Waals surface area contributed by atoms with Gasteiger partial charge in [0.05, 0.1) is 0 Å². The number of benzene rings is 2. The van der Waals surface area contributed by atoms with Gasteiger partial charge in [0.2, 0.25) is 0 Å². The molecule has 0 aliphatic rings. The number of hydrogen-bond acceptors (Lipinski definition) is 4. The smallest absolute Gasteiger partial charge is 0.870 e. The molecular formula is C23H31KO5S. The third kappa shape index (κ3) is 9.38. The van der Waals surface area contributed by atoms with Crippen LogP contribution in [0.3, 0.4) is 0 Å². The second-order valence-corrected chi connectivity index (χ2v) is 8.71. The molecule has 0 aromatic heterocycles. The van der Waals surface area contributed by atoms with Crippen LogP contribution in [0.15, 0.2) is 47.4 Å². The summed E-state index contributed by atoms with van der Waals surface area (Å²) in [6.07, 6.45) is 10.8. The molecule has 0 unspecified atom stereocenters. The second kappa shape index (κ2) is 14.6. The van der Waals surface area contributed by atoms with Gasteiger partial charge in [-0.05, 0) is 30.5 Å². The molecule has 0 aliphatic heterocycles. The zero-order chi connectivity index (χ0) is 21.1. The fourth-order valence-electron chi connectivity index (χ4n) is 3.39. The minimum atomic E-state index is -4.59. The Morgan fingerprint density at radius 3 is 2.00 bits per heavy atom. The molecule has 5 nitrogen and oxygen atoms in total. The van der Waals surface area contributed by atoms with Crippen molar-refractivity contribution in [3.8, 4) is 17.2 Å². The molecule has 0 fully saturated rings. The molecule has 0 saturated heterocycles. The summed E-state index contributed by atoms with van der Waals surface area (Å²) in [6.45, 7) is 2.20. The molecule has 30 heavy (non-hydrogen) atoms. The standard InChI is InChI=1S/C23H32O5S.K/c1-2-3-4-5-6-7-8-9-11-14-19-17-18-21(24)22(23(19)29(25,26)27)28-20-15-12-10-13-16-20;/h10,12-13,15-18,24H,2-9,11,14H2,1H3,(H,25,26,27);/q;+1/p-1. The van der Waals surface area contributed by atoms with Gasteiger partial charge < -0.3 is 9.84 Å². The maximum Gasteiger partial charge on any atom is 1.00 e. The number of rotatable bonds is 13. The molecular weight excluding hydrogens is 427 g/mol.